The van der Waals surface area contributed by atoms with E-state index in [-0.39, 0.29) is 18.1 Å². The third-order valence-corrected chi connectivity index (χ3v) is 3.62. The maximum atomic E-state index is 12.0. The number of para-hydroxylation sites is 1. The molecule has 0 aromatic heterocycles. The van der Waals surface area contributed by atoms with Crippen molar-refractivity contribution in [2.45, 2.75) is 19.8 Å². The highest BCUT2D eigenvalue weighted by Gasteiger charge is 2.14. The summed E-state index contributed by atoms with van der Waals surface area (Å²) in [6.45, 7) is 2.49. The Morgan fingerprint density at radius 2 is 1.83 bits per heavy atom. The average molecular weight is 269 g/mol. The van der Waals surface area contributed by atoms with E-state index in [1.807, 2.05) is 37.3 Å². The highest BCUT2D eigenvalue weighted by atomic mass is 32.2. The van der Waals surface area contributed by atoms with Crippen molar-refractivity contribution in [1.29, 1.82) is 0 Å². The van der Waals surface area contributed by atoms with Crippen LogP contribution in [0.3, 0.4) is 0 Å². The van der Waals surface area contributed by atoms with E-state index in [0.717, 1.165) is 5.69 Å². The van der Waals surface area contributed by atoms with Gasteiger partial charge in [0, 0.05) is 24.9 Å². The summed E-state index contributed by atoms with van der Waals surface area (Å²) in [4.78, 5) is 13.7. The minimum Gasteiger partial charge on any atom is -0.313 e. The second-order valence-electron chi connectivity index (χ2n) is 4.21. The van der Waals surface area contributed by atoms with Crippen molar-refractivity contribution in [2.24, 2.45) is 0 Å². The lowest BCUT2D eigenvalue weighted by Gasteiger charge is -2.20. The molecule has 0 bridgehead atoms. The van der Waals surface area contributed by atoms with Crippen molar-refractivity contribution in [1.82, 2.24) is 0 Å². The molecule has 0 heterocycles. The number of anilines is 1. The fourth-order valence-corrected chi connectivity index (χ4v) is 2.40. The molecular formula is C13H19NO3S. The molecule has 18 heavy (non-hydrogen) atoms. The van der Waals surface area contributed by atoms with Gasteiger partial charge in [0.25, 0.3) is 0 Å². The molecule has 0 aliphatic carbocycles. The van der Waals surface area contributed by atoms with Gasteiger partial charge in [0.15, 0.2) is 0 Å². The van der Waals surface area contributed by atoms with Crippen LogP contribution in [0.1, 0.15) is 19.8 Å². The van der Waals surface area contributed by atoms with Gasteiger partial charge in [-0.3, -0.25) is 4.79 Å². The molecule has 0 unspecified atom stereocenters. The van der Waals surface area contributed by atoms with Gasteiger partial charge in [-0.15, -0.1) is 0 Å². The van der Waals surface area contributed by atoms with Crippen LogP contribution >= 0.6 is 0 Å². The molecule has 0 N–H and O–H groups in total. The Morgan fingerprint density at radius 1 is 1.22 bits per heavy atom. The summed E-state index contributed by atoms with van der Waals surface area (Å²) in [7, 11) is -2.99. The van der Waals surface area contributed by atoms with Crippen LogP contribution in [0.2, 0.25) is 0 Å². The van der Waals surface area contributed by atoms with Crippen LogP contribution in [-0.2, 0) is 14.6 Å². The first-order chi connectivity index (χ1) is 8.44. The van der Waals surface area contributed by atoms with E-state index in [1.54, 1.807) is 4.90 Å². The van der Waals surface area contributed by atoms with E-state index < -0.39 is 9.84 Å². The zero-order valence-corrected chi connectivity index (χ0v) is 11.6. The molecule has 1 amide bonds. The van der Waals surface area contributed by atoms with Crippen molar-refractivity contribution in [2.75, 3.05) is 23.5 Å². The minimum atomic E-state index is -2.99. The summed E-state index contributed by atoms with van der Waals surface area (Å²) in [5, 5.41) is 0. The minimum absolute atomic E-state index is 0.0349. The van der Waals surface area contributed by atoms with Gasteiger partial charge in [-0.25, -0.2) is 8.42 Å². The van der Waals surface area contributed by atoms with Gasteiger partial charge < -0.3 is 4.90 Å². The number of hydrogen-bond acceptors (Lipinski definition) is 3. The van der Waals surface area contributed by atoms with Gasteiger partial charge >= 0.3 is 0 Å². The largest absolute Gasteiger partial charge is 0.313 e. The molecule has 0 radical (unpaired) electrons. The van der Waals surface area contributed by atoms with E-state index in [0.29, 0.717) is 13.0 Å². The summed E-state index contributed by atoms with van der Waals surface area (Å²) >= 11 is 0. The Morgan fingerprint density at radius 3 is 2.33 bits per heavy atom. The SMILES string of the molecule is CCN(C(=O)CCCS(C)(=O)=O)c1ccccc1. The molecule has 100 valence electrons. The number of hydrogen-bond donors (Lipinski definition) is 0. The predicted octanol–water partition coefficient (Wildman–Crippen LogP) is 1.86. The maximum Gasteiger partial charge on any atom is 0.226 e. The van der Waals surface area contributed by atoms with Crippen LogP contribution in [-0.4, -0.2) is 32.9 Å². The number of rotatable bonds is 6. The highest BCUT2D eigenvalue weighted by Crippen LogP contribution is 2.14. The molecule has 0 aliphatic rings. The zero-order valence-electron chi connectivity index (χ0n) is 10.8. The summed E-state index contributed by atoms with van der Waals surface area (Å²) < 4.78 is 22.0. The second kappa shape index (κ2) is 6.54. The maximum absolute atomic E-state index is 12.0. The summed E-state index contributed by atoms with van der Waals surface area (Å²) in [5.41, 5.74) is 0.851. The fourth-order valence-electron chi connectivity index (χ4n) is 1.73. The number of amides is 1. The Hall–Kier alpha value is -1.36. The van der Waals surface area contributed by atoms with Gasteiger partial charge in [0.2, 0.25) is 5.91 Å². The molecule has 1 aromatic carbocycles. The van der Waals surface area contributed by atoms with Gasteiger partial charge in [-0.05, 0) is 25.5 Å². The van der Waals surface area contributed by atoms with E-state index >= 15 is 0 Å². The van der Waals surface area contributed by atoms with Crippen LogP contribution in [0.4, 0.5) is 5.69 Å². The van der Waals surface area contributed by atoms with E-state index in [4.69, 9.17) is 0 Å². The molecule has 1 aromatic rings. The normalized spacial score (nSPS) is 11.2. The van der Waals surface area contributed by atoms with Crippen LogP contribution in [0, 0.1) is 0 Å². The molecule has 0 saturated carbocycles. The monoisotopic (exact) mass is 269 g/mol. The number of carbonyl (C=O) groups excluding carboxylic acids is 1. The number of carbonyl (C=O) groups is 1. The lowest BCUT2D eigenvalue weighted by atomic mass is 10.2. The van der Waals surface area contributed by atoms with Gasteiger partial charge in [-0.1, -0.05) is 18.2 Å². The quantitative estimate of drug-likeness (QED) is 0.792. The first kappa shape index (κ1) is 14.7. The van der Waals surface area contributed by atoms with Gasteiger partial charge in [0.05, 0.1) is 5.75 Å². The molecule has 5 heteroatoms. The Balaban J connectivity index is 2.59. The first-order valence-electron chi connectivity index (χ1n) is 5.97. The number of nitrogens with zero attached hydrogens (tertiary/aromatic N) is 1. The molecule has 0 spiro atoms. The van der Waals surface area contributed by atoms with E-state index in [1.165, 1.54) is 6.26 Å². The molecule has 4 nitrogen and oxygen atoms in total. The van der Waals surface area contributed by atoms with Gasteiger partial charge in [-0.2, -0.15) is 0 Å². The molecule has 0 atom stereocenters. The van der Waals surface area contributed by atoms with Crippen molar-refractivity contribution in [3.63, 3.8) is 0 Å². The third-order valence-electron chi connectivity index (χ3n) is 2.59. The third kappa shape index (κ3) is 4.87. The zero-order chi connectivity index (χ0) is 13.6. The standard InChI is InChI=1S/C13H19NO3S/c1-3-14(12-8-5-4-6-9-12)13(15)10-7-11-18(2,16)17/h4-6,8-9H,3,7,10-11H2,1-2H3. The predicted molar refractivity (Wildman–Crippen MR) is 73.4 cm³/mol. The van der Waals surface area contributed by atoms with Crippen LogP contribution < -0.4 is 4.90 Å². The Labute approximate surface area is 109 Å². The van der Waals surface area contributed by atoms with E-state index in [2.05, 4.69) is 0 Å². The summed E-state index contributed by atoms with van der Waals surface area (Å²) in [5.74, 6) is 0.0257. The van der Waals surface area contributed by atoms with Crippen LogP contribution in [0.15, 0.2) is 30.3 Å². The molecule has 0 saturated heterocycles. The van der Waals surface area contributed by atoms with E-state index in [9.17, 15) is 13.2 Å². The summed E-state index contributed by atoms with van der Waals surface area (Å²) in [6.07, 6.45) is 1.82. The number of sulfone groups is 1. The average Bonchev–Trinajstić information content (AvgIpc) is 2.29. The van der Waals surface area contributed by atoms with Crippen molar-refractivity contribution in [3.05, 3.63) is 30.3 Å². The molecular weight excluding hydrogens is 250 g/mol. The summed E-state index contributed by atoms with van der Waals surface area (Å²) in [6, 6.07) is 9.39. The topological polar surface area (TPSA) is 54.5 Å². The molecule has 1 rings (SSSR count). The lowest BCUT2D eigenvalue weighted by Crippen LogP contribution is -2.30. The number of benzene rings is 1. The van der Waals surface area contributed by atoms with Crippen LogP contribution in [0.5, 0.6) is 0 Å². The molecule has 0 aliphatic heterocycles. The lowest BCUT2D eigenvalue weighted by molar-refractivity contribution is -0.118. The highest BCUT2D eigenvalue weighted by molar-refractivity contribution is 7.90. The van der Waals surface area contributed by atoms with Crippen molar-refractivity contribution in [3.8, 4) is 0 Å². The Bertz CT molecular complexity index is 482. The van der Waals surface area contributed by atoms with Crippen molar-refractivity contribution < 1.29 is 13.2 Å². The van der Waals surface area contributed by atoms with Crippen LogP contribution in [0.25, 0.3) is 0 Å². The molecule has 0 fully saturated rings. The van der Waals surface area contributed by atoms with Gasteiger partial charge in [0.1, 0.15) is 9.84 Å². The van der Waals surface area contributed by atoms with Crippen molar-refractivity contribution >= 4 is 21.4 Å². The smallest absolute Gasteiger partial charge is 0.226 e. The second-order valence-corrected chi connectivity index (χ2v) is 6.47. The fraction of sp³-hybridized carbons (Fsp3) is 0.462. The first-order valence-corrected chi connectivity index (χ1v) is 8.03. The Kier molecular flexibility index (Phi) is 5.34.